The Bertz CT molecular complexity index is 931. The third-order valence-electron chi connectivity index (χ3n) is 4.37. The van der Waals surface area contributed by atoms with E-state index in [9.17, 15) is 36.6 Å². The van der Waals surface area contributed by atoms with Gasteiger partial charge < -0.3 is 10.2 Å². The summed E-state index contributed by atoms with van der Waals surface area (Å²) in [5.74, 6) is -1.18. The van der Waals surface area contributed by atoms with Gasteiger partial charge in [-0.3, -0.25) is 9.97 Å². The highest BCUT2D eigenvalue weighted by Gasteiger charge is 2.42. The second-order valence-electron chi connectivity index (χ2n) is 6.34. The molecule has 0 radical (unpaired) electrons. The average Bonchev–Trinajstić information content (AvgIpc) is 2.94. The van der Waals surface area contributed by atoms with Crippen LogP contribution in [0.2, 0.25) is 0 Å². The molecule has 12 heteroatoms. The highest BCUT2D eigenvalue weighted by atomic mass is 19.4. The van der Waals surface area contributed by atoms with Crippen LogP contribution in [0.4, 0.5) is 32.0 Å². The van der Waals surface area contributed by atoms with Crippen molar-refractivity contribution in [2.45, 2.75) is 31.6 Å². The minimum atomic E-state index is -4.73. The molecule has 0 saturated carbocycles. The topological polar surface area (TPSA) is 81.8 Å². The van der Waals surface area contributed by atoms with E-state index in [2.05, 4.69) is 15.1 Å². The molecule has 0 saturated heterocycles. The quantitative estimate of drug-likeness (QED) is 0.745. The summed E-state index contributed by atoms with van der Waals surface area (Å²) in [6, 6.07) is 3.64. The van der Waals surface area contributed by atoms with E-state index in [1.165, 1.54) is 13.0 Å². The first-order valence-electron chi connectivity index (χ1n) is 8.16. The van der Waals surface area contributed by atoms with Gasteiger partial charge in [-0.2, -0.15) is 31.4 Å². The summed E-state index contributed by atoms with van der Waals surface area (Å²) >= 11 is 0. The molecule has 3 heterocycles. The molecule has 2 aromatic rings. The Labute approximate surface area is 160 Å². The Kier molecular flexibility index (Phi) is 5.26. The number of nitrogens with zero attached hydrogens (tertiary/aromatic N) is 4. The second kappa shape index (κ2) is 7.26. The molecule has 0 bridgehead atoms. The van der Waals surface area contributed by atoms with Crippen molar-refractivity contribution < 1.29 is 36.6 Å². The van der Waals surface area contributed by atoms with Crippen LogP contribution in [-0.4, -0.2) is 32.1 Å². The number of aromatic nitrogens is 2. The lowest BCUT2D eigenvalue weighted by Gasteiger charge is -2.27. The number of anilines is 1. The number of aliphatic hydroxyl groups excluding tert-OH is 2. The Morgan fingerprint density at radius 1 is 0.966 bits per heavy atom. The lowest BCUT2D eigenvalue weighted by atomic mass is 9.91. The number of aliphatic hydroxyl groups is 2. The van der Waals surface area contributed by atoms with E-state index in [1.54, 1.807) is 0 Å². The van der Waals surface area contributed by atoms with Gasteiger partial charge in [0, 0.05) is 18.1 Å². The summed E-state index contributed by atoms with van der Waals surface area (Å²) in [6.45, 7) is 1.40. The Morgan fingerprint density at radius 3 is 2.10 bits per heavy atom. The molecule has 2 N–H and O–H groups in total. The van der Waals surface area contributed by atoms with Gasteiger partial charge in [0.15, 0.2) is 6.23 Å². The van der Waals surface area contributed by atoms with E-state index in [1.807, 2.05) is 0 Å². The van der Waals surface area contributed by atoms with Crippen LogP contribution in [0.5, 0.6) is 0 Å². The van der Waals surface area contributed by atoms with Crippen molar-refractivity contribution in [3.8, 4) is 0 Å². The molecule has 3 rings (SSSR count). The lowest BCUT2D eigenvalue weighted by molar-refractivity contribution is -0.142. The van der Waals surface area contributed by atoms with Crippen molar-refractivity contribution in [3.63, 3.8) is 0 Å². The molecule has 1 aliphatic rings. The molecule has 29 heavy (non-hydrogen) atoms. The summed E-state index contributed by atoms with van der Waals surface area (Å²) in [5, 5.41) is 25.9. The van der Waals surface area contributed by atoms with Crippen molar-refractivity contribution in [1.82, 2.24) is 9.97 Å². The summed E-state index contributed by atoms with van der Waals surface area (Å²) in [5.41, 5.74) is -2.61. The summed E-state index contributed by atoms with van der Waals surface area (Å²) in [6.07, 6.45) is -10.9. The number of hydrazone groups is 1. The second-order valence-corrected chi connectivity index (χ2v) is 6.34. The van der Waals surface area contributed by atoms with Crippen LogP contribution in [0, 0.1) is 5.92 Å². The molecular formula is C17H14F6N4O2. The number of hydrogen-bond acceptors (Lipinski definition) is 6. The molecule has 2 aromatic heterocycles. The van der Waals surface area contributed by atoms with Crippen molar-refractivity contribution in [2.24, 2.45) is 11.0 Å². The first-order chi connectivity index (χ1) is 13.4. The van der Waals surface area contributed by atoms with Gasteiger partial charge in [0.1, 0.15) is 11.4 Å². The SMILES string of the molecule is CC1=NN(c2ccnc(C(F)(F)F)c2)C(O)C1C(O)c1ccnc(C(F)(F)F)c1. The predicted molar refractivity (Wildman–Crippen MR) is 88.5 cm³/mol. The zero-order chi connectivity index (χ0) is 21.6. The Morgan fingerprint density at radius 2 is 1.52 bits per heavy atom. The van der Waals surface area contributed by atoms with Crippen LogP contribution in [0.25, 0.3) is 0 Å². The van der Waals surface area contributed by atoms with E-state index >= 15 is 0 Å². The van der Waals surface area contributed by atoms with E-state index < -0.39 is 42.0 Å². The molecule has 3 unspecified atom stereocenters. The molecule has 0 aliphatic carbocycles. The molecule has 0 amide bonds. The van der Waals surface area contributed by atoms with E-state index in [4.69, 9.17) is 0 Å². The fourth-order valence-corrected chi connectivity index (χ4v) is 2.98. The van der Waals surface area contributed by atoms with Crippen LogP contribution in [0.15, 0.2) is 41.8 Å². The Hall–Kier alpha value is -2.73. The van der Waals surface area contributed by atoms with E-state index in [0.29, 0.717) is 12.1 Å². The molecule has 0 spiro atoms. The monoisotopic (exact) mass is 420 g/mol. The number of hydrogen-bond donors (Lipinski definition) is 2. The van der Waals surface area contributed by atoms with E-state index in [0.717, 1.165) is 23.5 Å². The zero-order valence-corrected chi connectivity index (χ0v) is 14.6. The van der Waals surface area contributed by atoms with Gasteiger partial charge in [-0.1, -0.05) is 0 Å². The molecule has 1 aliphatic heterocycles. The largest absolute Gasteiger partial charge is 0.433 e. The van der Waals surface area contributed by atoms with Gasteiger partial charge in [0.25, 0.3) is 0 Å². The van der Waals surface area contributed by atoms with Gasteiger partial charge in [0.05, 0.1) is 17.7 Å². The van der Waals surface area contributed by atoms with Crippen LogP contribution in [0.3, 0.4) is 0 Å². The lowest BCUT2D eigenvalue weighted by Crippen LogP contribution is -2.36. The number of pyridine rings is 2. The molecule has 6 nitrogen and oxygen atoms in total. The number of halogens is 6. The number of alkyl halides is 6. The van der Waals surface area contributed by atoms with Crippen LogP contribution < -0.4 is 5.01 Å². The van der Waals surface area contributed by atoms with Gasteiger partial charge in [-0.25, -0.2) is 5.01 Å². The normalized spacial score (nSPS) is 21.3. The average molecular weight is 420 g/mol. The smallest absolute Gasteiger partial charge is 0.388 e. The molecular weight excluding hydrogens is 406 g/mol. The maximum absolute atomic E-state index is 12.9. The van der Waals surface area contributed by atoms with Crippen molar-refractivity contribution >= 4 is 11.4 Å². The standard InChI is InChI=1S/C17H14F6N4O2/c1-8-13(14(28)9-2-4-24-11(6-9)16(18,19)20)15(29)27(26-8)10-3-5-25-12(7-10)17(21,22)23/h2-7,13-15,28-29H,1H3. The van der Waals surface area contributed by atoms with Crippen LogP contribution in [-0.2, 0) is 12.4 Å². The predicted octanol–water partition coefficient (Wildman–Crippen LogP) is 3.38. The molecule has 3 atom stereocenters. The third-order valence-corrected chi connectivity index (χ3v) is 4.37. The fourth-order valence-electron chi connectivity index (χ4n) is 2.98. The highest BCUT2D eigenvalue weighted by molar-refractivity contribution is 5.89. The zero-order valence-electron chi connectivity index (χ0n) is 14.6. The van der Waals surface area contributed by atoms with Crippen molar-refractivity contribution in [3.05, 3.63) is 53.6 Å². The first-order valence-corrected chi connectivity index (χ1v) is 8.16. The fraction of sp³-hybridized carbons (Fsp3) is 0.353. The maximum Gasteiger partial charge on any atom is 0.433 e. The van der Waals surface area contributed by atoms with Crippen LogP contribution >= 0.6 is 0 Å². The van der Waals surface area contributed by atoms with E-state index in [-0.39, 0.29) is 17.0 Å². The van der Waals surface area contributed by atoms with Gasteiger partial charge in [-0.05, 0) is 36.8 Å². The molecule has 0 fully saturated rings. The molecule has 156 valence electrons. The highest BCUT2D eigenvalue weighted by Crippen LogP contribution is 2.38. The van der Waals surface area contributed by atoms with Crippen LogP contribution in [0.1, 0.15) is 30.0 Å². The summed E-state index contributed by atoms with van der Waals surface area (Å²) < 4.78 is 77.2. The van der Waals surface area contributed by atoms with Gasteiger partial charge >= 0.3 is 12.4 Å². The van der Waals surface area contributed by atoms with Gasteiger partial charge in [0.2, 0.25) is 0 Å². The summed E-state index contributed by atoms with van der Waals surface area (Å²) in [4.78, 5) is 6.42. The molecule has 0 aromatic carbocycles. The first kappa shape index (κ1) is 21.0. The van der Waals surface area contributed by atoms with Crippen molar-refractivity contribution in [1.29, 1.82) is 0 Å². The number of rotatable bonds is 3. The summed E-state index contributed by atoms with van der Waals surface area (Å²) in [7, 11) is 0. The third kappa shape index (κ3) is 4.17. The minimum absolute atomic E-state index is 0.126. The van der Waals surface area contributed by atoms with Crippen molar-refractivity contribution in [2.75, 3.05) is 5.01 Å². The van der Waals surface area contributed by atoms with Gasteiger partial charge in [-0.15, -0.1) is 0 Å². The Balaban J connectivity index is 1.90. The minimum Gasteiger partial charge on any atom is -0.388 e. The maximum atomic E-state index is 12.9.